The molecule has 1 aromatic rings. The molecule has 0 spiro atoms. The van der Waals surface area contributed by atoms with Crippen molar-refractivity contribution >= 4 is 0 Å². The fourth-order valence-corrected chi connectivity index (χ4v) is 2.37. The molecule has 82 valence electrons. The molecule has 1 aliphatic heterocycles. The van der Waals surface area contributed by atoms with Crippen molar-refractivity contribution in [2.24, 2.45) is 11.7 Å². The van der Waals surface area contributed by atoms with Gasteiger partial charge in [0.25, 0.3) is 0 Å². The summed E-state index contributed by atoms with van der Waals surface area (Å²) in [6.07, 6.45) is 2.51. The van der Waals surface area contributed by atoms with E-state index in [0.717, 1.165) is 19.0 Å². The van der Waals surface area contributed by atoms with Crippen LogP contribution in [0.4, 0.5) is 0 Å². The van der Waals surface area contributed by atoms with Gasteiger partial charge in [-0.1, -0.05) is 30.3 Å². The van der Waals surface area contributed by atoms with Gasteiger partial charge in [-0.15, -0.1) is 0 Å². The summed E-state index contributed by atoms with van der Waals surface area (Å²) in [5, 5.41) is 0. The van der Waals surface area contributed by atoms with Crippen molar-refractivity contribution in [1.29, 1.82) is 0 Å². The number of benzene rings is 1. The second-order valence-electron chi connectivity index (χ2n) is 4.45. The molecule has 2 nitrogen and oxygen atoms in total. The van der Waals surface area contributed by atoms with Gasteiger partial charge in [0.05, 0.1) is 0 Å². The summed E-state index contributed by atoms with van der Waals surface area (Å²) in [7, 11) is 0. The lowest BCUT2D eigenvalue weighted by atomic mass is 10.1. The van der Waals surface area contributed by atoms with Gasteiger partial charge in [0.15, 0.2) is 0 Å². The molecule has 15 heavy (non-hydrogen) atoms. The standard InChI is InChI=1S/C13H20N2/c14-8-6-13-7-9-15(11-13)10-12-4-2-1-3-5-12/h1-5,13H,6-11,14H2/t13-/m0/s1. The van der Waals surface area contributed by atoms with Crippen LogP contribution < -0.4 is 5.73 Å². The van der Waals surface area contributed by atoms with Crippen molar-refractivity contribution in [2.45, 2.75) is 19.4 Å². The van der Waals surface area contributed by atoms with E-state index in [4.69, 9.17) is 5.73 Å². The van der Waals surface area contributed by atoms with Gasteiger partial charge in [-0.3, -0.25) is 4.90 Å². The van der Waals surface area contributed by atoms with Crippen LogP contribution in [0, 0.1) is 5.92 Å². The van der Waals surface area contributed by atoms with Crippen molar-refractivity contribution in [3.8, 4) is 0 Å². The van der Waals surface area contributed by atoms with Crippen LogP contribution in [0.2, 0.25) is 0 Å². The zero-order valence-corrected chi connectivity index (χ0v) is 9.23. The topological polar surface area (TPSA) is 29.3 Å². The first kappa shape index (κ1) is 10.7. The normalized spacial score (nSPS) is 22.1. The highest BCUT2D eigenvalue weighted by molar-refractivity contribution is 5.14. The van der Waals surface area contributed by atoms with E-state index in [-0.39, 0.29) is 0 Å². The Bertz CT molecular complexity index is 284. The second kappa shape index (κ2) is 5.29. The molecule has 0 saturated carbocycles. The average Bonchev–Trinajstić information content (AvgIpc) is 2.68. The van der Waals surface area contributed by atoms with Crippen molar-refractivity contribution in [2.75, 3.05) is 19.6 Å². The van der Waals surface area contributed by atoms with E-state index in [1.165, 1.54) is 31.5 Å². The molecular formula is C13H20N2. The number of likely N-dealkylation sites (tertiary alicyclic amines) is 1. The fourth-order valence-electron chi connectivity index (χ4n) is 2.37. The number of rotatable bonds is 4. The lowest BCUT2D eigenvalue weighted by Gasteiger charge is -2.15. The Morgan fingerprint density at radius 3 is 2.80 bits per heavy atom. The zero-order valence-electron chi connectivity index (χ0n) is 9.23. The third-order valence-corrected chi connectivity index (χ3v) is 3.19. The van der Waals surface area contributed by atoms with Crippen LogP contribution in [0.5, 0.6) is 0 Å². The van der Waals surface area contributed by atoms with Gasteiger partial charge >= 0.3 is 0 Å². The predicted octanol–water partition coefficient (Wildman–Crippen LogP) is 1.86. The van der Waals surface area contributed by atoms with Crippen LogP contribution in [-0.2, 0) is 6.54 Å². The summed E-state index contributed by atoms with van der Waals surface area (Å²) in [6.45, 7) is 4.40. The molecule has 0 bridgehead atoms. The van der Waals surface area contributed by atoms with Crippen molar-refractivity contribution in [1.82, 2.24) is 4.90 Å². The number of nitrogens with two attached hydrogens (primary N) is 1. The maximum atomic E-state index is 5.59. The van der Waals surface area contributed by atoms with Gasteiger partial charge in [0.2, 0.25) is 0 Å². The minimum atomic E-state index is 0.832. The van der Waals surface area contributed by atoms with Gasteiger partial charge < -0.3 is 5.73 Å². The van der Waals surface area contributed by atoms with E-state index in [9.17, 15) is 0 Å². The zero-order chi connectivity index (χ0) is 10.5. The van der Waals surface area contributed by atoms with E-state index in [2.05, 4.69) is 35.2 Å². The van der Waals surface area contributed by atoms with Crippen LogP contribution in [0.15, 0.2) is 30.3 Å². The third kappa shape index (κ3) is 3.05. The predicted molar refractivity (Wildman–Crippen MR) is 63.5 cm³/mol. The summed E-state index contributed by atoms with van der Waals surface area (Å²) >= 11 is 0. The molecule has 2 N–H and O–H groups in total. The van der Waals surface area contributed by atoms with Gasteiger partial charge in [0, 0.05) is 13.1 Å². The fraction of sp³-hybridized carbons (Fsp3) is 0.538. The maximum absolute atomic E-state index is 5.59. The molecule has 0 radical (unpaired) electrons. The SMILES string of the molecule is NCC[C@H]1CCN(Cc2ccccc2)C1. The Morgan fingerprint density at radius 1 is 1.27 bits per heavy atom. The van der Waals surface area contributed by atoms with Crippen molar-refractivity contribution in [3.63, 3.8) is 0 Å². The Balaban J connectivity index is 1.82. The summed E-state index contributed by atoms with van der Waals surface area (Å²) < 4.78 is 0. The Labute approximate surface area is 92.1 Å². The molecule has 0 aliphatic carbocycles. The van der Waals surface area contributed by atoms with Crippen LogP contribution in [0.25, 0.3) is 0 Å². The molecule has 1 atom stereocenters. The lowest BCUT2D eigenvalue weighted by molar-refractivity contribution is 0.314. The van der Waals surface area contributed by atoms with Crippen LogP contribution in [0.1, 0.15) is 18.4 Å². The molecule has 2 heteroatoms. The first-order valence-electron chi connectivity index (χ1n) is 5.85. The molecular weight excluding hydrogens is 184 g/mol. The smallest absolute Gasteiger partial charge is 0.0233 e. The minimum absolute atomic E-state index is 0.832. The molecule has 1 fully saturated rings. The monoisotopic (exact) mass is 204 g/mol. The van der Waals surface area contributed by atoms with Crippen LogP contribution >= 0.6 is 0 Å². The summed E-state index contributed by atoms with van der Waals surface area (Å²) in [5.41, 5.74) is 7.01. The summed E-state index contributed by atoms with van der Waals surface area (Å²) in [6, 6.07) is 10.7. The largest absolute Gasteiger partial charge is 0.330 e. The highest BCUT2D eigenvalue weighted by Gasteiger charge is 2.21. The van der Waals surface area contributed by atoms with E-state index < -0.39 is 0 Å². The summed E-state index contributed by atoms with van der Waals surface area (Å²) in [5.74, 6) is 0.832. The van der Waals surface area contributed by atoms with E-state index in [0.29, 0.717) is 0 Å². The van der Waals surface area contributed by atoms with Gasteiger partial charge in [-0.25, -0.2) is 0 Å². The van der Waals surface area contributed by atoms with E-state index >= 15 is 0 Å². The third-order valence-electron chi connectivity index (χ3n) is 3.19. The highest BCUT2D eigenvalue weighted by Crippen LogP contribution is 2.20. The minimum Gasteiger partial charge on any atom is -0.330 e. The lowest BCUT2D eigenvalue weighted by Crippen LogP contribution is -2.20. The van der Waals surface area contributed by atoms with E-state index in [1.54, 1.807) is 0 Å². The molecule has 0 aromatic heterocycles. The highest BCUT2D eigenvalue weighted by atomic mass is 15.1. The van der Waals surface area contributed by atoms with Gasteiger partial charge in [0.1, 0.15) is 0 Å². The maximum Gasteiger partial charge on any atom is 0.0233 e. The quantitative estimate of drug-likeness (QED) is 0.811. The van der Waals surface area contributed by atoms with Crippen molar-refractivity contribution in [3.05, 3.63) is 35.9 Å². The molecule has 1 aliphatic rings. The van der Waals surface area contributed by atoms with Crippen LogP contribution in [0.3, 0.4) is 0 Å². The van der Waals surface area contributed by atoms with Gasteiger partial charge in [-0.05, 0) is 37.4 Å². The molecule has 1 heterocycles. The summed E-state index contributed by atoms with van der Waals surface area (Å²) in [4.78, 5) is 2.54. The van der Waals surface area contributed by atoms with E-state index in [1.807, 2.05) is 0 Å². The first-order chi connectivity index (χ1) is 7.38. The molecule has 1 aromatic carbocycles. The van der Waals surface area contributed by atoms with Gasteiger partial charge in [-0.2, -0.15) is 0 Å². The Hall–Kier alpha value is -0.860. The number of nitrogens with zero attached hydrogens (tertiary/aromatic N) is 1. The van der Waals surface area contributed by atoms with Crippen molar-refractivity contribution < 1.29 is 0 Å². The Kier molecular flexibility index (Phi) is 3.75. The van der Waals surface area contributed by atoms with Crippen LogP contribution in [-0.4, -0.2) is 24.5 Å². The Morgan fingerprint density at radius 2 is 2.07 bits per heavy atom. The average molecular weight is 204 g/mol. The molecule has 0 unspecified atom stereocenters. The molecule has 1 saturated heterocycles. The second-order valence-corrected chi connectivity index (χ2v) is 4.45. The molecule has 0 amide bonds. The number of hydrogen-bond acceptors (Lipinski definition) is 2. The molecule has 2 rings (SSSR count). The first-order valence-corrected chi connectivity index (χ1v) is 5.85. The number of hydrogen-bond donors (Lipinski definition) is 1.